The molecule has 0 heterocycles. The van der Waals surface area contributed by atoms with Crippen LogP contribution in [0.5, 0.6) is 11.5 Å². The number of carboxylic acids is 1. The van der Waals surface area contributed by atoms with E-state index in [-0.39, 0.29) is 11.6 Å². The number of hydrogen-bond acceptors (Lipinski definition) is 3. The third-order valence-corrected chi connectivity index (χ3v) is 6.13. The Morgan fingerprint density at radius 1 is 1.07 bits per heavy atom. The fraction of sp³-hybridized carbons (Fsp3) is 0.304. The molecule has 1 aliphatic carbocycles. The van der Waals surface area contributed by atoms with Crippen molar-refractivity contribution < 1.29 is 19.4 Å². The predicted molar refractivity (Wildman–Crippen MR) is 121 cm³/mol. The molecule has 1 amide bonds. The summed E-state index contributed by atoms with van der Waals surface area (Å²) in [6.07, 6.45) is 6.17. The molecular formula is C23H24INO4. The van der Waals surface area contributed by atoms with Crippen LogP contribution >= 0.6 is 22.6 Å². The number of aliphatic carboxylic acids is 1. The lowest BCUT2D eigenvalue weighted by Crippen LogP contribution is -2.41. The summed E-state index contributed by atoms with van der Waals surface area (Å²) in [6, 6.07) is 14.8. The Morgan fingerprint density at radius 2 is 1.72 bits per heavy atom. The second-order valence-electron chi connectivity index (χ2n) is 7.54. The molecule has 1 saturated carbocycles. The second kappa shape index (κ2) is 9.43. The summed E-state index contributed by atoms with van der Waals surface area (Å²) in [7, 11) is 0. The lowest BCUT2D eigenvalue weighted by Gasteiger charge is -2.32. The molecule has 3 rings (SSSR count). The molecule has 0 atom stereocenters. The van der Waals surface area contributed by atoms with Crippen molar-refractivity contribution in [2.45, 2.75) is 39.0 Å². The molecule has 0 bridgehead atoms. The minimum Gasteiger partial charge on any atom is -0.477 e. The predicted octanol–water partition coefficient (Wildman–Crippen LogP) is 5.60. The summed E-state index contributed by atoms with van der Waals surface area (Å²) in [5.74, 6) is 0.0406. The normalized spacial score (nSPS) is 16.1. The van der Waals surface area contributed by atoms with Crippen LogP contribution in [0.3, 0.4) is 0 Å². The average Bonchev–Trinajstić information content (AvgIpc) is 2.71. The summed E-state index contributed by atoms with van der Waals surface area (Å²) in [5, 5.41) is 12.2. The van der Waals surface area contributed by atoms with Crippen molar-refractivity contribution in [3.63, 3.8) is 0 Å². The van der Waals surface area contributed by atoms with Gasteiger partial charge < -0.3 is 15.2 Å². The highest BCUT2D eigenvalue weighted by Crippen LogP contribution is 2.36. The van der Waals surface area contributed by atoms with E-state index in [1.807, 2.05) is 31.2 Å². The molecule has 5 nitrogen and oxygen atoms in total. The number of rotatable bonds is 6. The minimum absolute atomic E-state index is 0.118. The van der Waals surface area contributed by atoms with Crippen molar-refractivity contribution in [1.82, 2.24) is 5.32 Å². The van der Waals surface area contributed by atoms with Gasteiger partial charge >= 0.3 is 5.97 Å². The quantitative estimate of drug-likeness (QED) is 0.396. The highest BCUT2D eigenvalue weighted by molar-refractivity contribution is 14.1. The molecule has 1 fully saturated rings. The third-order valence-electron chi connectivity index (χ3n) is 5.24. The molecule has 0 aromatic heterocycles. The van der Waals surface area contributed by atoms with E-state index in [4.69, 9.17) is 4.74 Å². The second-order valence-corrected chi connectivity index (χ2v) is 8.70. The zero-order valence-corrected chi connectivity index (χ0v) is 18.4. The van der Waals surface area contributed by atoms with Gasteiger partial charge in [0.1, 0.15) is 17.2 Å². The smallest absolute Gasteiger partial charge is 0.352 e. The molecule has 0 aliphatic heterocycles. The highest BCUT2D eigenvalue weighted by Gasteiger charge is 2.35. The summed E-state index contributed by atoms with van der Waals surface area (Å²) < 4.78 is 6.86. The van der Waals surface area contributed by atoms with E-state index < -0.39 is 11.4 Å². The number of para-hydroxylation sites is 1. The number of carbonyl (C=O) groups is 2. The summed E-state index contributed by atoms with van der Waals surface area (Å²) in [6.45, 7) is 1.91. The first-order valence-electron chi connectivity index (χ1n) is 9.66. The highest BCUT2D eigenvalue weighted by atomic mass is 127. The molecular weight excluding hydrogens is 481 g/mol. The van der Waals surface area contributed by atoms with Gasteiger partial charge in [0.25, 0.3) is 0 Å². The van der Waals surface area contributed by atoms with E-state index >= 15 is 0 Å². The molecule has 2 N–H and O–H groups in total. The fourth-order valence-corrected chi connectivity index (χ4v) is 3.93. The Bertz CT molecular complexity index is 915. The lowest BCUT2D eigenvalue weighted by atomic mass is 9.75. The van der Waals surface area contributed by atoms with E-state index in [9.17, 15) is 14.7 Å². The molecule has 0 unspecified atom stereocenters. The number of halogens is 1. The third kappa shape index (κ3) is 5.59. The number of nitrogens with one attached hydrogen (secondary N) is 1. The van der Waals surface area contributed by atoms with Gasteiger partial charge in [-0.25, -0.2) is 4.79 Å². The minimum atomic E-state index is -1.16. The van der Waals surface area contributed by atoms with Crippen LogP contribution in [0.2, 0.25) is 0 Å². The number of benzene rings is 2. The first-order chi connectivity index (χ1) is 13.9. The number of ether oxygens (including phenoxy) is 1. The fourth-order valence-electron chi connectivity index (χ4n) is 3.44. The molecule has 152 valence electrons. The summed E-state index contributed by atoms with van der Waals surface area (Å²) in [5.41, 5.74) is 0.0526. The molecule has 6 heteroatoms. The number of hydrogen-bond donors (Lipinski definition) is 2. The molecule has 2 aromatic rings. The summed E-state index contributed by atoms with van der Waals surface area (Å²) in [4.78, 5) is 24.3. The van der Waals surface area contributed by atoms with Gasteiger partial charge in [0.05, 0.1) is 3.57 Å². The Morgan fingerprint density at radius 3 is 2.34 bits per heavy atom. The van der Waals surface area contributed by atoms with Gasteiger partial charge in [-0.2, -0.15) is 0 Å². The van der Waals surface area contributed by atoms with Crippen LogP contribution in [0.15, 0.2) is 54.2 Å². The monoisotopic (exact) mass is 505 g/mol. The van der Waals surface area contributed by atoms with E-state index in [0.29, 0.717) is 11.3 Å². The molecule has 29 heavy (non-hydrogen) atoms. The van der Waals surface area contributed by atoms with Crippen molar-refractivity contribution in [3.8, 4) is 11.5 Å². The van der Waals surface area contributed by atoms with Crippen molar-refractivity contribution in [2.24, 2.45) is 5.41 Å². The lowest BCUT2D eigenvalue weighted by molar-refractivity contribution is -0.137. The molecule has 2 aromatic carbocycles. The van der Waals surface area contributed by atoms with Crippen LogP contribution in [-0.4, -0.2) is 17.0 Å². The van der Waals surface area contributed by atoms with E-state index in [1.165, 1.54) is 6.08 Å². The SMILES string of the molecule is CC1(C(=O)N/C(=C\c2ccc(Oc3ccccc3I)cc2)C(=O)O)CCCCC1. The topological polar surface area (TPSA) is 75.6 Å². The number of carbonyl (C=O) groups excluding carboxylic acids is 1. The Labute approximate surface area is 184 Å². The van der Waals surface area contributed by atoms with Gasteiger partial charge in [-0.05, 0) is 71.3 Å². The zero-order chi connectivity index (χ0) is 20.9. The maximum atomic E-state index is 12.7. The summed E-state index contributed by atoms with van der Waals surface area (Å²) >= 11 is 2.21. The molecule has 0 saturated heterocycles. The van der Waals surface area contributed by atoms with Crippen LogP contribution in [0.25, 0.3) is 6.08 Å². The van der Waals surface area contributed by atoms with Gasteiger partial charge in [-0.1, -0.05) is 50.5 Å². The Balaban J connectivity index is 1.72. The van der Waals surface area contributed by atoms with Crippen LogP contribution in [0.4, 0.5) is 0 Å². The average molecular weight is 505 g/mol. The molecule has 1 aliphatic rings. The van der Waals surface area contributed by atoms with Crippen LogP contribution in [0, 0.1) is 8.99 Å². The van der Waals surface area contributed by atoms with E-state index in [2.05, 4.69) is 27.9 Å². The van der Waals surface area contributed by atoms with Gasteiger partial charge in [0.2, 0.25) is 5.91 Å². The maximum Gasteiger partial charge on any atom is 0.352 e. The van der Waals surface area contributed by atoms with Crippen molar-refractivity contribution in [1.29, 1.82) is 0 Å². The first-order valence-corrected chi connectivity index (χ1v) is 10.7. The van der Waals surface area contributed by atoms with Gasteiger partial charge in [0.15, 0.2) is 0 Å². The van der Waals surface area contributed by atoms with Crippen LogP contribution in [0.1, 0.15) is 44.6 Å². The van der Waals surface area contributed by atoms with Crippen LogP contribution in [-0.2, 0) is 9.59 Å². The largest absolute Gasteiger partial charge is 0.477 e. The van der Waals surface area contributed by atoms with Crippen molar-refractivity contribution in [3.05, 3.63) is 63.4 Å². The first kappa shape index (κ1) is 21.4. The Kier molecular flexibility index (Phi) is 6.95. The van der Waals surface area contributed by atoms with Gasteiger partial charge in [-0.15, -0.1) is 0 Å². The standard InChI is InChI=1S/C23H24INO4/c1-23(13-5-2-6-14-23)22(28)25-19(21(26)27)15-16-9-11-17(12-10-16)29-20-8-4-3-7-18(20)24/h3-4,7-12,15H,2,5-6,13-14H2,1H3,(H,25,28)(H,26,27)/b19-15-. The number of carboxylic acid groups (broad SMARTS) is 1. The van der Waals surface area contributed by atoms with Crippen molar-refractivity contribution in [2.75, 3.05) is 0 Å². The van der Waals surface area contributed by atoms with Gasteiger partial charge in [-0.3, -0.25) is 4.79 Å². The zero-order valence-electron chi connectivity index (χ0n) is 16.3. The number of amides is 1. The molecule has 0 spiro atoms. The Hall–Kier alpha value is -2.35. The van der Waals surface area contributed by atoms with E-state index in [0.717, 1.165) is 41.4 Å². The maximum absolute atomic E-state index is 12.7. The van der Waals surface area contributed by atoms with Crippen molar-refractivity contribution >= 4 is 40.5 Å². The van der Waals surface area contributed by atoms with E-state index in [1.54, 1.807) is 24.3 Å². The van der Waals surface area contributed by atoms with Gasteiger partial charge in [0, 0.05) is 5.41 Å². The molecule has 0 radical (unpaired) electrons. The van der Waals surface area contributed by atoms with Crippen LogP contribution < -0.4 is 10.1 Å².